The first-order valence-corrected chi connectivity index (χ1v) is 22.6. The third-order valence-electron chi connectivity index (χ3n) is 13.5. The van der Waals surface area contributed by atoms with Gasteiger partial charge in [-0.05, 0) is 80.6 Å². The molecule has 16 heteroatoms. The minimum Gasteiger partial charge on any atom is -0.495 e. The van der Waals surface area contributed by atoms with Gasteiger partial charge < -0.3 is 45.2 Å². The minimum atomic E-state index is -0.251. The van der Waals surface area contributed by atoms with Gasteiger partial charge in [0.1, 0.15) is 17.5 Å². The maximum absolute atomic E-state index is 13.3. The number of hydrogen-bond donors (Lipinski definition) is 3. The first kappa shape index (κ1) is 44.9. The van der Waals surface area contributed by atoms with Gasteiger partial charge in [-0.15, -0.1) is 0 Å². The summed E-state index contributed by atoms with van der Waals surface area (Å²) in [6, 6.07) is 5.48. The molecule has 16 nitrogen and oxygen atoms in total. The van der Waals surface area contributed by atoms with Gasteiger partial charge in [0.15, 0.2) is 5.82 Å². The van der Waals surface area contributed by atoms with Crippen LogP contribution in [0.25, 0.3) is 0 Å². The minimum absolute atomic E-state index is 0.0780. The van der Waals surface area contributed by atoms with E-state index in [-0.39, 0.29) is 46.7 Å². The Morgan fingerprint density at radius 3 is 2.19 bits per heavy atom. The highest BCUT2D eigenvalue weighted by atomic mass is 16.5. The van der Waals surface area contributed by atoms with Gasteiger partial charge in [0.05, 0.1) is 24.6 Å². The molecule has 0 bridgehead atoms. The van der Waals surface area contributed by atoms with Crippen molar-refractivity contribution in [3.05, 3.63) is 47.9 Å². The number of piperazine rings is 1. The number of likely N-dealkylation sites (N-methyl/N-ethyl adjacent to an activating group) is 1. The van der Waals surface area contributed by atoms with Crippen LogP contribution in [0.1, 0.15) is 107 Å². The predicted octanol–water partition coefficient (Wildman–Crippen LogP) is 5.34. The van der Waals surface area contributed by atoms with E-state index in [0.29, 0.717) is 53.1 Å². The van der Waals surface area contributed by atoms with Gasteiger partial charge in [-0.25, -0.2) is 15.0 Å². The third kappa shape index (κ3) is 9.91. The van der Waals surface area contributed by atoms with Crippen molar-refractivity contribution in [1.29, 1.82) is 0 Å². The summed E-state index contributed by atoms with van der Waals surface area (Å²) in [6.45, 7) is 18.2. The molecule has 336 valence electrons. The van der Waals surface area contributed by atoms with Crippen molar-refractivity contribution in [3.8, 4) is 5.75 Å². The highest BCUT2D eigenvalue weighted by Crippen LogP contribution is 2.53. The number of methoxy groups -OCH3 is 1. The number of ether oxygens (including phenoxy) is 1. The number of fused-ring (bicyclic) bond motifs is 1. The fourth-order valence-corrected chi connectivity index (χ4v) is 10.5. The zero-order valence-corrected chi connectivity index (χ0v) is 38.2. The highest BCUT2D eigenvalue weighted by molar-refractivity contribution is 6.04. The summed E-state index contributed by atoms with van der Waals surface area (Å²) in [6.07, 6.45) is 13.0. The van der Waals surface area contributed by atoms with Crippen LogP contribution in [0.3, 0.4) is 0 Å². The van der Waals surface area contributed by atoms with Crippen LogP contribution < -0.4 is 35.4 Å². The van der Waals surface area contributed by atoms with Crippen LogP contribution >= 0.6 is 0 Å². The molecule has 2 saturated carbocycles. The number of rotatable bonds is 17. The summed E-state index contributed by atoms with van der Waals surface area (Å²) in [5, 5.41) is 9.60. The SMILES string of the molecule is CCC1C(=O)N(C)c2cnc(Nc3ccc(C(=O)NCCCN4CCN(CCCN(C)c5ncc(C(=O)NC6C(C)(C)CC6(C)C)cn5)CC4)cc3OC)nc2N1C1CCCC1. The Kier molecular flexibility index (Phi) is 13.9. The average Bonchev–Trinajstić information content (AvgIpc) is 3.80. The molecule has 3 fully saturated rings. The van der Waals surface area contributed by atoms with Gasteiger partial charge in [0.25, 0.3) is 11.8 Å². The number of carbonyl (C=O) groups is 3. The Balaban J connectivity index is 0.811. The van der Waals surface area contributed by atoms with Crippen LogP contribution in [0.15, 0.2) is 36.8 Å². The van der Waals surface area contributed by atoms with Crippen molar-refractivity contribution < 1.29 is 19.1 Å². The quantitative estimate of drug-likeness (QED) is 0.149. The van der Waals surface area contributed by atoms with E-state index in [4.69, 9.17) is 9.72 Å². The number of anilines is 5. The van der Waals surface area contributed by atoms with Crippen molar-refractivity contribution in [2.45, 2.75) is 104 Å². The molecule has 4 heterocycles. The van der Waals surface area contributed by atoms with Gasteiger partial charge in [-0.1, -0.05) is 47.5 Å². The van der Waals surface area contributed by atoms with Gasteiger partial charge in [0, 0.05) is 83.4 Å². The molecule has 0 radical (unpaired) electrons. The number of nitrogens with one attached hydrogen (secondary N) is 3. The Morgan fingerprint density at radius 1 is 0.903 bits per heavy atom. The molecule has 2 aromatic heterocycles. The second-order valence-electron chi connectivity index (χ2n) is 19.0. The zero-order chi connectivity index (χ0) is 44.2. The highest BCUT2D eigenvalue weighted by Gasteiger charge is 2.53. The van der Waals surface area contributed by atoms with Gasteiger partial charge in [-0.3, -0.25) is 14.4 Å². The van der Waals surface area contributed by atoms with Crippen LogP contribution in [0.2, 0.25) is 0 Å². The molecule has 3 aromatic rings. The Labute approximate surface area is 367 Å². The number of carbonyl (C=O) groups excluding carboxylic acids is 3. The van der Waals surface area contributed by atoms with Crippen LogP contribution in [-0.2, 0) is 4.79 Å². The van der Waals surface area contributed by atoms with Crippen molar-refractivity contribution in [2.24, 2.45) is 10.8 Å². The average molecular weight is 853 g/mol. The fourth-order valence-electron chi connectivity index (χ4n) is 10.5. The molecule has 1 unspecified atom stereocenters. The Bertz CT molecular complexity index is 2030. The molecule has 3 N–H and O–H groups in total. The summed E-state index contributed by atoms with van der Waals surface area (Å²) < 4.78 is 5.70. The monoisotopic (exact) mass is 853 g/mol. The molecule has 1 aromatic carbocycles. The Morgan fingerprint density at radius 2 is 1.56 bits per heavy atom. The van der Waals surface area contributed by atoms with Crippen molar-refractivity contribution >= 4 is 46.8 Å². The molecule has 7 rings (SSSR count). The zero-order valence-electron chi connectivity index (χ0n) is 38.2. The molecule has 4 aliphatic rings. The molecule has 2 aliphatic carbocycles. The molecule has 2 aliphatic heterocycles. The van der Waals surface area contributed by atoms with Gasteiger partial charge in [-0.2, -0.15) is 4.98 Å². The fraction of sp³-hybridized carbons (Fsp3) is 0.630. The largest absolute Gasteiger partial charge is 0.495 e. The lowest BCUT2D eigenvalue weighted by molar-refractivity contribution is -0.120. The smallest absolute Gasteiger partial charge is 0.254 e. The number of hydrogen-bond acceptors (Lipinski definition) is 13. The number of nitrogens with zero attached hydrogens (tertiary/aromatic N) is 9. The summed E-state index contributed by atoms with van der Waals surface area (Å²) >= 11 is 0. The second kappa shape index (κ2) is 19.1. The van der Waals surface area contributed by atoms with E-state index >= 15 is 0 Å². The van der Waals surface area contributed by atoms with E-state index in [1.807, 2.05) is 18.0 Å². The lowest BCUT2D eigenvalue weighted by atomic mass is 9.52. The van der Waals surface area contributed by atoms with Crippen LogP contribution in [0.5, 0.6) is 5.75 Å². The second-order valence-corrected chi connectivity index (χ2v) is 19.0. The van der Waals surface area contributed by atoms with Gasteiger partial charge in [0.2, 0.25) is 17.8 Å². The van der Waals surface area contributed by atoms with Crippen LogP contribution in [-0.4, -0.2) is 139 Å². The third-order valence-corrected chi connectivity index (χ3v) is 13.5. The molecule has 3 amide bonds. The molecule has 62 heavy (non-hydrogen) atoms. The van der Waals surface area contributed by atoms with E-state index < -0.39 is 0 Å². The van der Waals surface area contributed by atoms with E-state index in [1.54, 1.807) is 49.8 Å². The molecule has 1 saturated heterocycles. The summed E-state index contributed by atoms with van der Waals surface area (Å²) in [4.78, 5) is 68.8. The van der Waals surface area contributed by atoms with E-state index in [1.165, 1.54) is 0 Å². The molecule has 1 atom stereocenters. The maximum atomic E-state index is 13.3. The summed E-state index contributed by atoms with van der Waals surface area (Å²) in [5.41, 5.74) is 2.53. The van der Waals surface area contributed by atoms with Crippen molar-refractivity contribution in [1.82, 2.24) is 40.4 Å². The number of benzene rings is 1. The van der Waals surface area contributed by atoms with Gasteiger partial charge >= 0.3 is 0 Å². The van der Waals surface area contributed by atoms with E-state index in [9.17, 15) is 14.4 Å². The number of amides is 3. The topological polar surface area (TPSA) is 164 Å². The number of aromatic nitrogens is 4. The first-order valence-electron chi connectivity index (χ1n) is 22.6. The van der Waals surface area contributed by atoms with Crippen LogP contribution in [0.4, 0.5) is 29.1 Å². The van der Waals surface area contributed by atoms with Crippen LogP contribution in [0, 0.1) is 10.8 Å². The van der Waals surface area contributed by atoms with Crippen molar-refractivity contribution in [2.75, 3.05) is 93.6 Å². The lowest BCUT2D eigenvalue weighted by Gasteiger charge is -2.57. The first-order chi connectivity index (χ1) is 29.7. The summed E-state index contributed by atoms with van der Waals surface area (Å²) in [5.74, 6) is 2.12. The van der Waals surface area contributed by atoms with E-state index in [2.05, 4.69) is 80.2 Å². The van der Waals surface area contributed by atoms with E-state index in [0.717, 1.165) is 96.6 Å². The summed E-state index contributed by atoms with van der Waals surface area (Å²) in [7, 11) is 5.37. The van der Waals surface area contributed by atoms with Crippen molar-refractivity contribution in [3.63, 3.8) is 0 Å². The Hall–Kier alpha value is -5.09. The molecular formula is C46H68N12O4. The lowest BCUT2D eigenvalue weighted by Crippen LogP contribution is -2.63. The molecule has 0 spiro atoms. The standard InChI is InChI=1S/C46H68N12O4/c1-9-35-41(61)55(7)36-29-48-43(52-38(36)58(35)33-14-10-11-15-33)51-34-17-16-31(26-37(34)62-8)39(59)47-18-12-20-56-22-24-57(25-23-56)21-13-19-54(6)44-49-27-32(28-50-44)40(60)53-42-45(2,3)30-46(42,4)5/h16-17,26-29,33,35,42H,9-15,18-25,30H2,1-8H3,(H,47,59)(H,53,60)(H,48,51,52). The normalized spacial score (nSPS) is 20.4. The maximum Gasteiger partial charge on any atom is 0.254 e. The molecular weight excluding hydrogens is 785 g/mol. The predicted molar refractivity (Wildman–Crippen MR) is 244 cm³/mol.